The van der Waals surface area contributed by atoms with Gasteiger partial charge in [0.15, 0.2) is 5.76 Å². The van der Waals surface area contributed by atoms with Crippen molar-refractivity contribution in [3.63, 3.8) is 0 Å². The molecule has 3 heterocycles. The molecule has 2 N–H and O–H groups in total. The zero-order chi connectivity index (χ0) is 13.9. The van der Waals surface area contributed by atoms with Crippen LogP contribution in [-0.2, 0) is 16.1 Å². The molecule has 2 amide bonds. The van der Waals surface area contributed by atoms with Crippen LogP contribution in [-0.4, -0.2) is 23.0 Å². The van der Waals surface area contributed by atoms with E-state index < -0.39 is 6.04 Å². The average molecular weight is 275 g/mol. The molecule has 2 aromatic heterocycles. The fraction of sp³-hybridized carbons (Fsp3) is 0.308. The first-order valence-corrected chi connectivity index (χ1v) is 6.29. The molecule has 104 valence electrons. The number of carbonyl (C=O) groups is 2. The van der Waals surface area contributed by atoms with Crippen LogP contribution in [0.3, 0.4) is 0 Å². The van der Waals surface area contributed by atoms with Crippen LogP contribution >= 0.6 is 0 Å². The largest absolute Gasteiger partial charge is 0.461 e. The van der Waals surface area contributed by atoms with E-state index >= 15 is 0 Å². The maximum atomic E-state index is 11.8. The monoisotopic (exact) mass is 275 g/mol. The molecule has 0 spiro atoms. The molecule has 3 rings (SSSR count). The van der Waals surface area contributed by atoms with E-state index in [0.29, 0.717) is 30.1 Å². The molecule has 0 aliphatic carbocycles. The van der Waals surface area contributed by atoms with Crippen molar-refractivity contribution in [3.05, 3.63) is 30.2 Å². The lowest BCUT2D eigenvalue weighted by atomic mass is 10.2. The van der Waals surface area contributed by atoms with Crippen molar-refractivity contribution < 1.29 is 18.5 Å². The summed E-state index contributed by atoms with van der Waals surface area (Å²) in [5.74, 6) is 0.789. The minimum Gasteiger partial charge on any atom is -0.461 e. The summed E-state index contributed by atoms with van der Waals surface area (Å²) >= 11 is 0. The molecule has 2 aromatic rings. The average Bonchev–Trinajstić information content (AvgIpc) is 3.16. The van der Waals surface area contributed by atoms with E-state index in [1.54, 1.807) is 24.5 Å². The van der Waals surface area contributed by atoms with Crippen molar-refractivity contribution in [1.29, 1.82) is 0 Å². The second kappa shape index (κ2) is 5.20. The van der Waals surface area contributed by atoms with Gasteiger partial charge in [-0.15, -0.1) is 0 Å². The number of nitrogens with one attached hydrogen (secondary N) is 2. The molecule has 1 saturated heterocycles. The number of carbonyl (C=O) groups excluding carboxylic acids is 2. The summed E-state index contributed by atoms with van der Waals surface area (Å²) in [4.78, 5) is 22.8. The topological polar surface area (TPSA) is 97.4 Å². The standard InChI is InChI=1S/C13H13N3O4/c17-12-4-3-9(15-12)13(18)14-7-8-6-11(20-16-8)10-2-1-5-19-10/h1-2,5-6,9H,3-4,7H2,(H,14,18)(H,15,17)/t9-/m0/s1. The summed E-state index contributed by atoms with van der Waals surface area (Å²) in [5, 5.41) is 9.17. The van der Waals surface area contributed by atoms with Gasteiger partial charge in [0.2, 0.25) is 17.6 Å². The van der Waals surface area contributed by atoms with Crippen molar-refractivity contribution in [3.8, 4) is 11.5 Å². The highest BCUT2D eigenvalue weighted by Gasteiger charge is 2.26. The lowest BCUT2D eigenvalue weighted by molar-refractivity contribution is -0.125. The molecule has 1 atom stereocenters. The fourth-order valence-electron chi connectivity index (χ4n) is 2.04. The van der Waals surface area contributed by atoms with Crippen LogP contribution < -0.4 is 10.6 Å². The highest BCUT2D eigenvalue weighted by atomic mass is 16.5. The normalized spacial score (nSPS) is 18.0. The molecule has 1 fully saturated rings. The van der Waals surface area contributed by atoms with Crippen LogP contribution in [0, 0.1) is 0 Å². The molecule has 0 unspecified atom stereocenters. The summed E-state index contributed by atoms with van der Waals surface area (Å²) in [7, 11) is 0. The minimum absolute atomic E-state index is 0.0910. The van der Waals surface area contributed by atoms with Gasteiger partial charge in [0.05, 0.1) is 12.8 Å². The Morgan fingerprint density at radius 3 is 3.10 bits per heavy atom. The molecule has 7 nitrogen and oxygen atoms in total. The lowest BCUT2D eigenvalue weighted by Crippen LogP contribution is -2.41. The third kappa shape index (κ3) is 2.56. The maximum absolute atomic E-state index is 11.8. The minimum atomic E-state index is -0.445. The smallest absolute Gasteiger partial charge is 0.242 e. The lowest BCUT2D eigenvalue weighted by Gasteiger charge is -2.09. The highest BCUT2D eigenvalue weighted by Crippen LogP contribution is 2.20. The van der Waals surface area contributed by atoms with Crippen LogP contribution in [0.4, 0.5) is 0 Å². The van der Waals surface area contributed by atoms with Gasteiger partial charge >= 0.3 is 0 Å². The number of hydrogen-bond acceptors (Lipinski definition) is 5. The number of aromatic nitrogens is 1. The van der Waals surface area contributed by atoms with Gasteiger partial charge in [-0.25, -0.2) is 0 Å². The fourth-order valence-corrected chi connectivity index (χ4v) is 2.04. The van der Waals surface area contributed by atoms with Gasteiger partial charge in [-0.05, 0) is 18.6 Å². The van der Waals surface area contributed by atoms with Crippen LogP contribution in [0.5, 0.6) is 0 Å². The molecule has 0 radical (unpaired) electrons. The predicted molar refractivity (Wildman–Crippen MR) is 67.2 cm³/mol. The van der Waals surface area contributed by atoms with Crippen LogP contribution in [0.15, 0.2) is 33.4 Å². The van der Waals surface area contributed by atoms with Crippen LogP contribution in [0.2, 0.25) is 0 Å². The van der Waals surface area contributed by atoms with E-state index in [9.17, 15) is 9.59 Å². The quantitative estimate of drug-likeness (QED) is 0.861. The first-order valence-electron chi connectivity index (χ1n) is 6.29. The molecular weight excluding hydrogens is 262 g/mol. The van der Waals surface area contributed by atoms with Crippen molar-refractivity contribution in [2.45, 2.75) is 25.4 Å². The SMILES string of the molecule is O=C1CC[C@@H](C(=O)NCc2cc(-c3ccco3)on2)N1. The van der Waals surface area contributed by atoms with Crippen LogP contribution in [0.25, 0.3) is 11.5 Å². The van der Waals surface area contributed by atoms with E-state index in [1.807, 2.05) is 0 Å². The van der Waals surface area contributed by atoms with Gasteiger partial charge in [-0.3, -0.25) is 9.59 Å². The summed E-state index contributed by atoms with van der Waals surface area (Å²) in [5.41, 5.74) is 0.592. The maximum Gasteiger partial charge on any atom is 0.242 e. The second-order valence-electron chi connectivity index (χ2n) is 4.54. The molecule has 0 bridgehead atoms. The zero-order valence-electron chi connectivity index (χ0n) is 10.6. The van der Waals surface area contributed by atoms with E-state index in [4.69, 9.17) is 8.94 Å². The Labute approximate surface area is 114 Å². The second-order valence-corrected chi connectivity index (χ2v) is 4.54. The Balaban J connectivity index is 1.56. The van der Waals surface area contributed by atoms with Crippen molar-refractivity contribution in [1.82, 2.24) is 15.8 Å². The third-order valence-corrected chi connectivity index (χ3v) is 3.08. The number of nitrogens with zero attached hydrogens (tertiary/aromatic N) is 1. The summed E-state index contributed by atoms with van der Waals surface area (Å²) in [6, 6.07) is 4.77. The van der Waals surface area contributed by atoms with Crippen molar-refractivity contribution in [2.24, 2.45) is 0 Å². The van der Waals surface area contributed by atoms with Gasteiger partial charge < -0.3 is 19.6 Å². The number of hydrogen-bond donors (Lipinski definition) is 2. The van der Waals surface area contributed by atoms with Crippen molar-refractivity contribution in [2.75, 3.05) is 0 Å². The van der Waals surface area contributed by atoms with Gasteiger partial charge in [0.1, 0.15) is 11.7 Å². The van der Waals surface area contributed by atoms with Gasteiger partial charge in [-0.2, -0.15) is 0 Å². The zero-order valence-corrected chi connectivity index (χ0v) is 10.6. The van der Waals surface area contributed by atoms with E-state index in [0.717, 1.165) is 0 Å². The Morgan fingerprint density at radius 1 is 1.50 bits per heavy atom. The summed E-state index contributed by atoms with van der Waals surface area (Å²) < 4.78 is 10.3. The molecule has 1 aliphatic heterocycles. The Bertz CT molecular complexity index is 617. The number of rotatable bonds is 4. The first-order chi connectivity index (χ1) is 9.72. The van der Waals surface area contributed by atoms with Gasteiger partial charge in [0.25, 0.3) is 0 Å². The van der Waals surface area contributed by atoms with E-state index in [-0.39, 0.29) is 18.4 Å². The van der Waals surface area contributed by atoms with Gasteiger partial charge in [-0.1, -0.05) is 5.16 Å². The Hall–Kier alpha value is -2.57. The van der Waals surface area contributed by atoms with E-state index in [1.165, 1.54) is 0 Å². The first kappa shape index (κ1) is 12.5. The molecule has 20 heavy (non-hydrogen) atoms. The number of amides is 2. The Morgan fingerprint density at radius 2 is 2.40 bits per heavy atom. The van der Waals surface area contributed by atoms with Crippen LogP contribution in [0.1, 0.15) is 18.5 Å². The van der Waals surface area contributed by atoms with E-state index in [2.05, 4.69) is 15.8 Å². The van der Waals surface area contributed by atoms with Crippen molar-refractivity contribution >= 4 is 11.8 Å². The molecule has 0 saturated carbocycles. The Kier molecular flexibility index (Phi) is 3.24. The number of furan rings is 1. The molecule has 7 heteroatoms. The highest BCUT2D eigenvalue weighted by molar-refractivity contribution is 5.90. The molecule has 1 aliphatic rings. The summed E-state index contributed by atoms with van der Waals surface area (Å²) in [6.45, 7) is 0.245. The molecule has 0 aromatic carbocycles. The molecular formula is C13H13N3O4. The predicted octanol–water partition coefficient (Wildman–Crippen LogP) is 0.829. The van der Waals surface area contributed by atoms with Gasteiger partial charge in [0, 0.05) is 12.5 Å². The third-order valence-electron chi connectivity index (χ3n) is 3.08. The summed E-state index contributed by atoms with van der Waals surface area (Å²) in [6.07, 6.45) is 2.47.